The topological polar surface area (TPSA) is 42.6 Å². The van der Waals surface area contributed by atoms with Crippen molar-refractivity contribution in [1.82, 2.24) is 9.13 Å². The van der Waals surface area contributed by atoms with Crippen LogP contribution in [0.5, 0.6) is 0 Å². The van der Waals surface area contributed by atoms with Gasteiger partial charge in [0.1, 0.15) is 22.3 Å². The number of furan rings is 2. The van der Waals surface area contributed by atoms with Crippen LogP contribution in [-0.4, -0.2) is 9.13 Å². The van der Waals surface area contributed by atoms with Crippen molar-refractivity contribution < 1.29 is 8.83 Å². The molecular formula is C110H70N4O2. The second-order valence-electron chi connectivity index (χ2n) is 30.3. The van der Waals surface area contributed by atoms with E-state index in [1.807, 2.05) is 12.1 Å². The highest BCUT2D eigenvalue weighted by molar-refractivity contribution is 6.17. The molecule has 0 amide bonds. The van der Waals surface area contributed by atoms with Crippen molar-refractivity contribution in [2.24, 2.45) is 0 Å². The molecule has 6 heteroatoms. The molecule has 4 aromatic heterocycles. The summed E-state index contributed by atoms with van der Waals surface area (Å²) in [7, 11) is 0. The zero-order valence-corrected chi connectivity index (χ0v) is 63.0. The molecule has 0 N–H and O–H groups in total. The minimum atomic E-state index is 0.855. The molecule has 542 valence electrons. The van der Waals surface area contributed by atoms with Crippen LogP contribution in [-0.2, 0) is 0 Å². The second-order valence-corrected chi connectivity index (χ2v) is 30.3. The highest BCUT2D eigenvalue weighted by Crippen LogP contribution is 2.47. The van der Waals surface area contributed by atoms with Crippen LogP contribution >= 0.6 is 0 Å². The lowest BCUT2D eigenvalue weighted by atomic mass is 9.92. The van der Waals surface area contributed by atoms with Crippen LogP contribution in [0.3, 0.4) is 0 Å². The van der Waals surface area contributed by atoms with Gasteiger partial charge in [-0.2, -0.15) is 0 Å². The number of para-hydroxylation sites is 6. The largest absolute Gasteiger partial charge is 0.456 e. The molecular weight excluding hydrogens is 1410 g/mol. The molecule has 0 atom stereocenters. The third-order valence-corrected chi connectivity index (χ3v) is 23.7. The minimum Gasteiger partial charge on any atom is -0.456 e. The minimum absolute atomic E-state index is 0.855. The van der Waals surface area contributed by atoms with Crippen molar-refractivity contribution in [3.05, 3.63) is 425 Å². The summed E-state index contributed by atoms with van der Waals surface area (Å²) in [6.07, 6.45) is 0. The number of rotatable bonds is 14. The Morgan fingerprint density at radius 3 is 0.974 bits per heavy atom. The van der Waals surface area contributed by atoms with Gasteiger partial charge in [0.2, 0.25) is 0 Å². The van der Waals surface area contributed by atoms with E-state index in [4.69, 9.17) is 8.83 Å². The van der Waals surface area contributed by atoms with E-state index in [2.05, 4.69) is 431 Å². The lowest BCUT2D eigenvalue weighted by Crippen LogP contribution is -2.10. The van der Waals surface area contributed by atoms with Gasteiger partial charge >= 0.3 is 0 Å². The van der Waals surface area contributed by atoms with Crippen LogP contribution in [0.1, 0.15) is 0 Å². The molecule has 0 saturated heterocycles. The summed E-state index contributed by atoms with van der Waals surface area (Å²) in [5, 5.41) is 14.1. The first-order valence-electron chi connectivity index (χ1n) is 39.7. The smallest absolute Gasteiger partial charge is 0.136 e. The average Bonchev–Trinajstić information content (AvgIpc) is 1.41. The van der Waals surface area contributed by atoms with Crippen molar-refractivity contribution in [2.45, 2.75) is 0 Å². The molecule has 0 spiro atoms. The Morgan fingerprint density at radius 1 is 0.172 bits per heavy atom. The molecule has 0 aliphatic rings. The van der Waals surface area contributed by atoms with Crippen LogP contribution in [0.2, 0.25) is 0 Å². The third kappa shape index (κ3) is 11.2. The molecule has 6 nitrogen and oxygen atoms in total. The van der Waals surface area contributed by atoms with Crippen LogP contribution in [0.4, 0.5) is 34.1 Å². The van der Waals surface area contributed by atoms with E-state index in [9.17, 15) is 0 Å². The number of aromatic nitrogens is 2. The molecule has 0 bridgehead atoms. The Kier molecular flexibility index (Phi) is 15.5. The third-order valence-electron chi connectivity index (χ3n) is 23.7. The van der Waals surface area contributed by atoms with Crippen molar-refractivity contribution in [3.63, 3.8) is 0 Å². The van der Waals surface area contributed by atoms with Crippen LogP contribution in [0.25, 0.3) is 187 Å². The van der Waals surface area contributed by atoms with E-state index in [1.54, 1.807) is 0 Å². The fourth-order valence-electron chi connectivity index (χ4n) is 18.2. The van der Waals surface area contributed by atoms with E-state index in [-0.39, 0.29) is 0 Å². The van der Waals surface area contributed by atoms with Crippen molar-refractivity contribution in [1.29, 1.82) is 0 Å². The Morgan fingerprint density at radius 2 is 0.500 bits per heavy atom. The van der Waals surface area contributed by atoms with Crippen molar-refractivity contribution in [2.75, 3.05) is 9.80 Å². The molecule has 0 aliphatic heterocycles. The number of hydrogen-bond acceptors (Lipinski definition) is 4. The Balaban J connectivity index is 0.562. The molecule has 0 fully saturated rings. The van der Waals surface area contributed by atoms with Gasteiger partial charge in [0.25, 0.3) is 0 Å². The predicted octanol–water partition coefficient (Wildman–Crippen LogP) is 30.9. The maximum Gasteiger partial charge on any atom is 0.136 e. The molecule has 0 aliphatic carbocycles. The SMILES string of the molecule is c1ccc(-c2ccc(N(c3ccc(-c4ccc(-c5cc(-c6ccc7c(ccc8cc(N(c9ccc(-c%10ccc(-c%11cccc%12oc%13ccccc%13c%11%12)cc%10)cc9)c9ccc(-n%10c%11ccccc%11c%11ccccc%11%10)cc9)ccc87)c6)cc6oc7ccccc7c56)cc4)cc3)c3ccc(-n4c5ccccc5c5ccccc54)cc3)cc2)cc1. The van der Waals surface area contributed by atoms with Crippen LogP contribution in [0.15, 0.2) is 433 Å². The first-order chi connectivity index (χ1) is 57.5. The molecule has 0 unspecified atom stereocenters. The highest BCUT2D eigenvalue weighted by Gasteiger charge is 2.23. The van der Waals surface area contributed by atoms with Gasteiger partial charge in [0.15, 0.2) is 0 Å². The van der Waals surface area contributed by atoms with Gasteiger partial charge in [0.05, 0.1) is 22.1 Å². The Labute approximate surface area is 669 Å². The summed E-state index contributed by atoms with van der Waals surface area (Å²) in [5.74, 6) is 0. The number of benzene rings is 19. The van der Waals surface area contributed by atoms with Crippen LogP contribution in [0, 0.1) is 0 Å². The maximum atomic E-state index is 6.79. The average molecular weight is 1480 g/mol. The van der Waals surface area contributed by atoms with E-state index in [0.29, 0.717) is 0 Å². The number of hydrogen-bond donors (Lipinski definition) is 0. The lowest BCUT2D eigenvalue weighted by molar-refractivity contribution is 0.668. The van der Waals surface area contributed by atoms with Gasteiger partial charge < -0.3 is 27.8 Å². The summed E-state index contributed by atoms with van der Waals surface area (Å²) >= 11 is 0. The maximum absolute atomic E-state index is 6.79. The molecule has 0 saturated carbocycles. The molecule has 0 radical (unpaired) electrons. The highest BCUT2D eigenvalue weighted by atomic mass is 16.3. The predicted molar refractivity (Wildman–Crippen MR) is 487 cm³/mol. The molecule has 116 heavy (non-hydrogen) atoms. The zero-order valence-electron chi connectivity index (χ0n) is 63.0. The summed E-state index contributed by atoms with van der Waals surface area (Å²) in [4.78, 5) is 4.74. The molecule has 23 aromatic rings. The summed E-state index contributed by atoms with van der Waals surface area (Å²) in [6.45, 7) is 0. The summed E-state index contributed by atoms with van der Waals surface area (Å²) < 4.78 is 17.8. The van der Waals surface area contributed by atoms with Gasteiger partial charge in [-0.05, 0) is 246 Å². The fourth-order valence-corrected chi connectivity index (χ4v) is 18.2. The first kappa shape index (κ1) is 66.3. The Hall–Kier alpha value is -15.5. The monoisotopic (exact) mass is 1480 g/mol. The summed E-state index contributed by atoms with van der Waals surface area (Å²) in [5.41, 5.74) is 30.5. The quantitative estimate of drug-likeness (QED) is 0.102. The van der Waals surface area contributed by atoms with Crippen molar-refractivity contribution in [3.8, 4) is 78.1 Å². The first-order valence-corrected chi connectivity index (χ1v) is 39.7. The van der Waals surface area contributed by atoms with Gasteiger partial charge in [-0.3, -0.25) is 0 Å². The summed E-state index contributed by atoms with van der Waals surface area (Å²) in [6, 6.07) is 154. The normalized spacial score (nSPS) is 11.8. The number of anilines is 6. The van der Waals surface area contributed by atoms with Gasteiger partial charge in [-0.25, -0.2) is 0 Å². The molecule has 19 aromatic carbocycles. The standard InChI is InChI=1S/C110H70N4O2/c1-2-17-71(18-3-1)74-43-50-83(51-44-74)111(86-56-60-88(61-57-86)113-101-26-10-4-19-94(101)95-20-5-11-27-102(95)113)84-52-45-75(46-53-84)73-35-39-78(40-36-73)100-69-82(70-108-110(100)99-24-9-15-31-106(99)116-108)79-49-65-91-80(67-79)41-42-81-68-90(64-66-92(81)91)112(87-58-62-89(63-59-87)114-103-28-12-6-21-96(103)97-22-7-13-29-104(97)114)85-54-47-76(48-55-85)72-33-37-77(38-34-72)93-25-16-32-107-109(93)98-23-8-14-30-105(98)115-107/h1-70H. The van der Waals surface area contributed by atoms with Gasteiger partial charge in [0, 0.05) is 88.6 Å². The van der Waals surface area contributed by atoms with Gasteiger partial charge in [-0.15, -0.1) is 0 Å². The second kappa shape index (κ2) is 27.2. The fraction of sp³-hybridized carbons (Fsp3) is 0. The zero-order chi connectivity index (χ0) is 76.3. The van der Waals surface area contributed by atoms with E-state index in [0.717, 1.165) is 156 Å². The van der Waals surface area contributed by atoms with E-state index >= 15 is 0 Å². The Bertz CT molecular complexity index is 7660. The van der Waals surface area contributed by atoms with E-state index < -0.39 is 0 Å². The van der Waals surface area contributed by atoms with E-state index in [1.165, 1.54) is 65.5 Å². The number of nitrogens with zero attached hydrogens (tertiary/aromatic N) is 4. The number of fused-ring (bicyclic) bond motifs is 15. The van der Waals surface area contributed by atoms with Crippen LogP contribution < -0.4 is 9.80 Å². The lowest BCUT2D eigenvalue weighted by Gasteiger charge is -2.26. The molecule has 23 rings (SSSR count). The van der Waals surface area contributed by atoms with Crippen molar-refractivity contribution >= 4 is 143 Å². The molecule has 4 heterocycles. The van der Waals surface area contributed by atoms with Gasteiger partial charge in [-0.1, -0.05) is 267 Å².